The zero-order valence-corrected chi connectivity index (χ0v) is 10.1. The third kappa shape index (κ3) is 2.97. The molecule has 4 nitrogen and oxygen atoms in total. The number of hydrogen-bond acceptors (Lipinski definition) is 3. The number of cyclic esters (lactones) is 1. The predicted octanol–water partition coefficient (Wildman–Crippen LogP) is 1.52. The SMILES string of the molecule is Cc1ccc(CN2CC(CN)COC2=O)cc1. The van der Waals surface area contributed by atoms with Gasteiger partial charge in [-0.3, -0.25) is 0 Å². The molecular weight excluding hydrogens is 216 g/mol. The Bertz CT molecular complexity index is 389. The van der Waals surface area contributed by atoms with E-state index in [1.165, 1.54) is 5.56 Å². The second kappa shape index (κ2) is 5.19. The lowest BCUT2D eigenvalue weighted by Crippen LogP contribution is -2.44. The Kier molecular flexibility index (Phi) is 3.64. The van der Waals surface area contributed by atoms with Crippen molar-refractivity contribution in [3.05, 3.63) is 35.4 Å². The van der Waals surface area contributed by atoms with Crippen LogP contribution in [0.4, 0.5) is 4.79 Å². The molecule has 0 spiro atoms. The number of carbonyl (C=O) groups is 1. The maximum absolute atomic E-state index is 11.6. The van der Waals surface area contributed by atoms with Gasteiger partial charge in [-0.25, -0.2) is 4.79 Å². The zero-order chi connectivity index (χ0) is 12.3. The first kappa shape index (κ1) is 11.9. The highest BCUT2D eigenvalue weighted by atomic mass is 16.6. The van der Waals surface area contributed by atoms with Crippen molar-refractivity contribution in [2.24, 2.45) is 11.7 Å². The summed E-state index contributed by atoms with van der Waals surface area (Å²) in [5.74, 6) is 0.248. The lowest BCUT2D eigenvalue weighted by atomic mass is 10.1. The van der Waals surface area contributed by atoms with E-state index < -0.39 is 0 Å². The van der Waals surface area contributed by atoms with Crippen molar-refractivity contribution in [2.45, 2.75) is 13.5 Å². The first-order valence-corrected chi connectivity index (χ1v) is 5.86. The van der Waals surface area contributed by atoms with Crippen molar-refractivity contribution in [1.82, 2.24) is 4.90 Å². The molecule has 1 aromatic rings. The summed E-state index contributed by atoms with van der Waals surface area (Å²) < 4.78 is 5.10. The number of ether oxygens (including phenoxy) is 1. The Morgan fingerprint density at radius 3 is 2.76 bits per heavy atom. The molecule has 1 aliphatic rings. The number of aryl methyl sites for hydroxylation is 1. The summed E-state index contributed by atoms with van der Waals surface area (Å²) in [4.78, 5) is 13.3. The molecule has 1 saturated heterocycles. The topological polar surface area (TPSA) is 55.6 Å². The van der Waals surface area contributed by atoms with E-state index in [9.17, 15) is 4.79 Å². The van der Waals surface area contributed by atoms with E-state index in [1.54, 1.807) is 4.90 Å². The van der Waals surface area contributed by atoms with E-state index in [2.05, 4.69) is 0 Å². The van der Waals surface area contributed by atoms with E-state index in [0.717, 1.165) is 5.56 Å². The Balaban J connectivity index is 2.01. The van der Waals surface area contributed by atoms with Crippen LogP contribution >= 0.6 is 0 Å². The lowest BCUT2D eigenvalue weighted by molar-refractivity contribution is 0.0425. The summed E-state index contributed by atoms with van der Waals surface area (Å²) in [7, 11) is 0. The van der Waals surface area contributed by atoms with Gasteiger partial charge in [0.15, 0.2) is 0 Å². The summed E-state index contributed by atoms with van der Waals surface area (Å²) in [6, 6.07) is 8.17. The molecule has 92 valence electrons. The standard InChI is InChI=1S/C13H18N2O2/c1-10-2-4-11(5-3-10)7-15-8-12(6-14)9-17-13(15)16/h2-5,12H,6-9,14H2,1H3. The molecule has 4 heteroatoms. The van der Waals surface area contributed by atoms with Crippen LogP contribution < -0.4 is 5.73 Å². The fourth-order valence-electron chi connectivity index (χ4n) is 1.90. The molecule has 0 aliphatic carbocycles. The number of nitrogens with two attached hydrogens (primary N) is 1. The number of carbonyl (C=O) groups excluding carboxylic acids is 1. The van der Waals surface area contributed by atoms with Crippen LogP contribution in [0.25, 0.3) is 0 Å². The molecular formula is C13H18N2O2. The summed E-state index contributed by atoms with van der Waals surface area (Å²) >= 11 is 0. The summed E-state index contributed by atoms with van der Waals surface area (Å²) in [5.41, 5.74) is 7.94. The second-order valence-corrected chi connectivity index (χ2v) is 4.54. The third-order valence-electron chi connectivity index (χ3n) is 3.01. The molecule has 1 aromatic carbocycles. The van der Waals surface area contributed by atoms with Crippen LogP contribution in [0.15, 0.2) is 24.3 Å². The van der Waals surface area contributed by atoms with Crippen molar-refractivity contribution < 1.29 is 9.53 Å². The van der Waals surface area contributed by atoms with Gasteiger partial charge in [-0.05, 0) is 12.5 Å². The largest absolute Gasteiger partial charge is 0.449 e. The average molecular weight is 234 g/mol. The molecule has 1 fully saturated rings. The number of nitrogens with zero attached hydrogens (tertiary/aromatic N) is 1. The fourth-order valence-corrected chi connectivity index (χ4v) is 1.90. The first-order chi connectivity index (χ1) is 8.19. The summed E-state index contributed by atoms with van der Waals surface area (Å²) in [6.07, 6.45) is -0.240. The number of rotatable bonds is 3. The van der Waals surface area contributed by atoms with Crippen LogP contribution in [-0.2, 0) is 11.3 Å². The molecule has 17 heavy (non-hydrogen) atoms. The summed E-state index contributed by atoms with van der Waals surface area (Å²) in [6.45, 7) is 4.32. The van der Waals surface area contributed by atoms with Crippen LogP contribution in [0.1, 0.15) is 11.1 Å². The molecule has 0 bridgehead atoms. The van der Waals surface area contributed by atoms with Crippen LogP contribution in [-0.4, -0.2) is 30.7 Å². The fraction of sp³-hybridized carbons (Fsp3) is 0.462. The van der Waals surface area contributed by atoms with Gasteiger partial charge in [-0.15, -0.1) is 0 Å². The molecule has 1 amide bonds. The van der Waals surface area contributed by atoms with Crippen molar-refractivity contribution in [3.63, 3.8) is 0 Å². The Morgan fingerprint density at radius 2 is 2.12 bits per heavy atom. The maximum Gasteiger partial charge on any atom is 0.410 e. The second-order valence-electron chi connectivity index (χ2n) is 4.54. The Hall–Kier alpha value is -1.55. The first-order valence-electron chi connectivity index (χ1n) is 5.86. The quantitative estimate of drug-likeness (QED) is 0.862. The normalized spacial score (nSPS) is 20.2. The minimum absolute atomic E-state index is 0.240. The molecule has 0 aromatic heterocycles. The molecule has 0 saturated carbocycles. The molecule has 0 radical (unpaired) electrons. The van der Waals surface area contributed by atoms with Crippen molar-refractivity contribution >= 4 is 6.09 Å². The number of benzene rings is 1. The van der Waals surface area contributed by atoms with Gasteiger partial charge >= 0.3 is 6.09 Å². The van der Waals surface area contributed by atoms with Gasteiger partial charge in [0.2, 0.25) is 0 Å². The van der Waals surface area contributed by atoms with Crippen LogP contribution in [0.3, 0.4) is 0 Å². The summed E-state index contributed by atoms with van der Waals surface area (Å²) in [5, 5.41) is 0. The minimum atomic E-state index is -0.240. The highest BCUT2D eigenvalue weighted by molar-refractivity contribution is 5.68. The van der Waals surface area contributed by atoms with Gasteiger partial charge in [-0.1, -0.05) is 29.8 Å². The minimum Gasteiger partial charge on any atom is -0.449 e. The molecule has 1 atom stereocenters. The Morgan fingerprint density at radius 1 is 1.41 bits per heavy atom. The highest BCUT2D eigenvalue weighted by Crippen LogP contribution is 2.14. The molecule has 1 unspecified atom stereocenters. The van der Waals surface area contributed by atoms with Crippen molar-refractivity contribution in [2.75, 3.05) is 19.7 Å². The van der Waals surface area contributed by atoms with Gasteiger partial charge in [0.25, 0.3) is 0 Å². The maximum atomic E-state index is 11.6. The van der Waals surface area contributed by atoms with Crippen LogP contribution in [0.2, 0.25) is 0 Å². The van der Waals surface area contributed by atoms with E-state index >= 15 is 0 Å². The molecule has 1 heterocycles. The van der Waals surface area contributed by atoms with Crippen LogP contribution in [0, 0.1) is 12.8 Å². The average Bonchev–Trinajstić information content (AvgIpc) is 2.35. The van der Waals surface area contributed by atoms with E-state index in [0.29, 0.717) is 26.2 Å². The van der Waals surface area contributed by atoms with Gasteiger partial charge in [0, 0.05) is 25.6 Å². The van der Waals surface area contributed by atoms with E-state index in [4.69, 9.17) is 10.5 Å². The Labute approximate surface area is 101 Å². The molecule has 2 rings (SSSR count). The van der Waals surface area contributed by atoms with Gasteiger partial charge < -0.3 is 15.4 Å². The highest BCUT2D eigenvalue weighted by Gasteiger charge is 2.26. The predicted molar refractivity (Wildman–Crippen MR) is 65.5 cm³/mol. The van der Waals surface area contributed by atoms with Crippen molar-refractivity contribution in [1.29, 1.82) is 0 Å². The van der Waals surface area contributed by atoms with Crippen molar-refractivity contribution in [3.8, 4) is 0 Å². The monoisotopic (exact) mass is 234 g/mol. The molecule has 2 N–H and O–H groups in total. The zero-order valence-electron chi connectivity index (χ0n) is 10.1. The van der Waals surface area contributed by atoms with E-state index in [-0.39, 0.29) is 12.0 Å². The van der Waals surface area contributed by atoms with Gasteiger partial charge in [0.05, 0.1) is 6.61 Å². The van der Waals surface area contributed by atoms with E-state index in [1.807, 2.05) is 31.2 Å². The third-order valence-corrected chi connectivity index (χ3v) is 3.01. The molecule has 1 aliphatic heterocycles. The van der Waals surface area contributed by atoms with Crippen LogP contribution in [0.5, 0.6) is 0 Å². The lowest BCUT2D eigenvalue weighted by Gasteiger charge is -2.31. The van der Waals surface area contributed by atoms with Gasteiger partial charge in [0.1, 0.15) is 0 Å². The number of amides is 1. The smallest absolute Gasteiger partial charge is 0.410 e. The number of hydrogen-bond donors (Lipinski definition) is 1. The van der Waals surface area contributed by atoms with Gasteiger partial charge in [-0.2, -0.15) is 0 Å².